The summed E-state index contributed by atoms with van der Waals surface area (Å²) >= 11 is 5.79. The van der Waals surface area contributed by atoms with Crippen molar-refractivity contribution in [2.45, 2.75) is 13.0 Å². The number of carbonyl (C=O) groups is 2. The van der Waals surface area contributed by atoms with Gasteiger partial charge in [-0.25, -0.2) is 4.79 Å². The Kier molecular flexibility index (Phi) is 7.11. The predicted molar refractivity (Wildman–Crippen MR) is 104 cm³/mol. The quantitative estimate of drug-likeness (QED) is 0.325. The molecule has 28 heavy (non-hydrogen) atoms. The fourth-order valence-electron chi connectivity index (χ4n) is 2.15. The maximum Gasteiger partial charge on any atom is 0.331 e. The van der Waals surface area contributed by atoms with E-state index in [9.17, 15) is 19.7 Å². The third-order valence-electron chi connectivity index (χ3n) is 3.60. The average molecular weight is 405 g/mol. The molecule has 0 aliphatic heterocycles. The largest absolute Gasteiger partial charge is 0.495 e. The molecule has 0 radical (unpaired) electrons. The normalized spacial score (nSPS) is 11.7. The van der Waals surface area contributed by atoms with Gasteiger partial charge in [-0.15, -0.1) is 0 Å². The topological polar surface area (TPSA) is 108 Å². The molecule has 0 spiro atoms. The van der Waals surface area contributed by atoms with Crippen molar-refractivity contribution in [2.75, 3.05) is 12.4 Å². The molecule has 0 aliphatic carbocycles. The van der Waals surface area contributed by atoms with Gasteiger partial charge in [0.25, 0.3) is 11.6 Å². The zero-order valence-electron chi connectivity index (χ0n) is 15.0. The van der Waals surface area contributed by atoms with Crippen molar-refractivity contribution in [2.24, 2.45) is 0 Å². The first-order chi connectivity index (χ1) is 13.3. The summed E-state index contributed by atoms with van der Waals surface area (Å²) in [4.78, 5) is 34.4. The lowest BCUT2D eigenvalue weighted by Crippen LogP contribution is -2.29. The van der Waals surface area contributed by atoms with Crippen LogP contribution in [0.3, 0.4) is 0 Å². The van der Waals surface area contributed by atoms with Crippen LogP contribution in [-0.2, 0) is 14.3 Å². The molecule has 1 N–H and O–H groups in total. The van der Waals surface area contributed by atoms with Crippen LogP contribution in [0.1, 0.15) is 12.5 Å². The lowest BCUT2D eigenvalue weighted by molar-refractivity contribution is -0.384. The van der Waals surface area contributed by atoms with E-state index in [1.807, 2.05) is 0 Å². The number of amides is 1. The van der Waals surface area contributed by atoms with Gasteiger partial charge in [-0.1, -0.05) is 23.7 Å². The molecule has 2 rings (SSSR count). The summed E-state index contributed by atoms with van der Waals surface area (Å²) in [6.07, 6.45) is 1.57. The number of nitrogens with one attached hydrogen (secondary N) is 1. The Labute approximate surface area is 165 Å². The van der Waals surface area contributed by atoms with Crippen LogP contribution < -0.4 is 10.1 Å². The molecular formula is C19H17ClN2O6. The SMILES string of the molecule is COc1ccc([N+](=O)[O-])cc1NC(=O)C(C)OC(=O)/C=C/c1ccc(Cl)cc1. The van der Waals surface area contributed by atoms with Crippen molar-refractivity contribution < 1.29 is 24.0 Å². The summed E-state index contributed by atoms with van der Waals surface area (Å²) in [6, 6.07) is 10.6. The van der Waals surface area contributed by atoms with Crippen LogP contribution >= 0.6 is 11.6 Å². The molecule has 0 heterocycles. The van der Waals surface area contributed by atoms with E-state index in [0.717, 1.165) is 11.6 Å². The van der Waals surface area contributed by atoms with Crippen LogP contribution in [0, 0.1) is 10.1 Å². The Hall–Kier alpha value is -3.39. The number of nitro benzene ring substituents is 1. The van der Waals surface area contributed by atoms with Crippen LogP contribution in [-0.4, -0.2) is 30.0 Å². The number of non-ortho nitro benzene ring substituents is 1. The van der Waals surface area contributed by atoms with Gasteiger partial charge >= 0.3 is 5.97 Å². The van der Waals surface area contributed by atoms with Gasteiger partial charge in [0.05, 0.1) is 17.7 Å². The monoisotopic (exact) mass is 404 g/mol. The highest BCUT2D eigenvalue weighted by atomic mass is 35.5. The zero-order chi connectivity index (χ0) is 20.7. The van der Waals surface area contributed by atoms with Gasteiger partial charge in [-0.3, -0.25) is 14.9 Å². The van der Waals surface area contributed by atoms with E-state index in [0.29, 0.717) is 5.02 Å². The molecule has 1 amide bonds. The molecular weight excluding hydrogens is 388 g/mol. The molecule has 2 aromatic carbocycles. The first kappa shape index (κ1) is 20.9. The highest BCUT2D eigenvalue weighted by Crippen LogP contribution is 2.29. The summed E-state index contributed by atoms with van der Waals surface area (Å²) in [7, 11) is 1.36. The van der Waals surface area contributed by atoms with Crippen molar-refractivity contribution in [1.82, 2.24) is 0 Å². The fraction of sp³-hybridized carbons (Fsp3) is 0.158. The lowest BCUT2D eigenvalue weighted by atomic mass is 10.2. The zero-order valence-corrected chi connectivity index (χ0v) is 15.8. The smallest absolute Gasteiger partial charge is 0.331 e. The first-order valence-electron chi connectivity index (χ1n) is 8.07. The molecule has 146 valence electrons. The van der Waals surface area contributed by atoms with Crippen LogP contribution in [0.2, 0.25) is 5.02 Å². The van der Waals surface area contributed by atoms with E-state index in [-0.39, 0.29) is 17.1 Å². The van der Waals surface area contributed by atoms with Crippen molar-refractivity contribution in [3.05, 3.63) is 69.2 Å². The second-order valence-corrected chi connectivity index (χ2v) is 6.03. The average Bonchev–Trinajstić information content (AvgIpc) is 2.67. The summed E-state index contributed by atoms with van der Waals surface area (Å²) in [5.41, 5.74) is 0.618. The molecule has 1 unspecified atom stereocenters. The minimum absolute atomic E-state index is 0.0984. The number of rotatable bonds is 7. The lowest BCUT2D eigenvalue weighted by Gasteiger charge is -2.14. The predicted octanol–water partition coefficient (Wildman–Crippen LogP) is 3.84. The molecule has 0 bridgehead atoms. The Balaban J connectivity index is 2.00. The van der Waals surface area contributed by atoms with Crippen molar-refractivity contribution in [3.63, 3.8) is 0 Å². The number of esters is 1. The van der Waals surface area contributed by atoms with Crippen LogP contribution in [0.15, 0.2) is 48.5 Å². The van der Waals surface area contributed by atoms with E-state index in [4.69, 9.17) is 21.1 Å². The van der Waals surface area contributed by atoms with Crippen molar-refractivity contribution in [3.8, 4) is 5.75 Å². The molecule has 0 saturated carbocycles. The number of carbonyl (C=O) groups excluding carboxylic acids is 2. The second-order valence-electron chi connectivity index (χ2n) is 5.59. The third kappa shape index (κ3) is 5.82. The summed E-state index contributed by atoms with van der Waals surface area (Å²) in [6.45, 7) is 1.38. The van der Waals surface area contributed by atoms with Gasteiger partial charge in [-0.05, 0) is 36.8 Å². The van der Waals surface area contributed by atoms with Gasteiger partial charge in [0.1, 0.15) is 5.75 Å². The minimum Gasteiger partial charge on any atom is -0.495 e. The number of hydrogen-bond donors (Lipinski definition) is 1. The Morgan fingerprint density at radius 1 is 1.21 bits per heavy atom. The summed E-state index contributed by atoms with van der Waals surface area (Å²) < 4.78 is 10.1. The molecule has 0 aromatic heterocycles. The van der Waals surface area contributed by atoms with Crippen LogP contribution in [0.25, 0.3) is 6.08 Å². The van der Waals surface area contributed by atoms with Gasteiger partial charge < -0.3 is 14.8 Å². The number of ether oxygens (including phenoxy) is 2. The molecule has 0 fully saturated rings. The Morgan fingerprint density at radius 3 is 2.50 bits per heavy atom. The number of benzene rings is 2. The number of hydrogen-bond acceptors (Lipinski definition) is 6. The third-order valence-corrected chi connectivity index (χ3v) is 3.85. The molecule has 2 aromatic rings. The molecule has 8 nitrogen and oxygen atoms in total. The highest BCUT2D eigenvalue weighted by molar-refractivity contribution is 6.30. The summed E-state index contributed by atoms with van der Waals surface area (Å²) in [5.74, 6) is -1.14. The van der Waals surface area contributed by atoms with E-state index in [1.165, 1.54) is 38.3 Å². The maximum absolute atomic E-state index is 12.3. The maximum atomic E-state index is 12.3. The number of anilines is 1. The number of nitro groups is 1. The summed E-state index contributed by atoms with van der Waals surface area (Å²) in [5, 5.41) is 13.9. The second kappa shape index (κ2) is 9.52. The number of nitrogens with zero attached hydrogens (tertiary/aromatic N) is 1. The fourth-order valence-corrected chi connectivity index (χ4v) is 2.27. The van der Waals surface area contributed by atoms with Gasteiger partial charge in [0.2, 0.25) is 0 Å². The molecule has 0 aliphatic rings. The van der Waals surface area contributed by atoms with E-state index in [2.05, 4.69) is 5.32 Å². The van der Waals surface area contributed by atoms with E-state index in [1.54, 1.807) is 24.3 Å². The van der Waals surface area contributed by atoms with Gasteiger partial charge in [0.15, 0.2) is 6.10 Å². The molecule has 0 saturated heterocycles. The van der Waals surface area contributed by atoms with E-state index < -0.39 is 22.9 Å². The first-order valence-corrected chi connectivity index (χ1v) is 8.45. The Morgan fingerprint density at radius 2 is 1.89 bits per heavy atom. The van der Waals surface area contributed by atoms with Crippen LogP contribution in [0.5, 0.6) is 5.75 Å². The Bertz CT molecular complexity index is 911. The number of halogens is 1. The number of methoxy groups -OCH3 is 1. The molecule has 9 heteroatoms. The van der Waals surface area contributed by atoms with Gasteiger partial charge in [-0.2, -0.15) is 0 Å². The molecule has 1 atom stereocenters. The van der Waals surface area contributed by atoms with Crippen molar-refractivity contribution in [1.29, 1.82) is 0 Å². The minimum atomic E-state index is -1.13. The standard InChI is InChI=1S/C19H17ClN2O6/c1-12(28-18(23)10-5-13-3-6-14(20)7-4-13)19(24)21-16-11-15(22(25)26)8-9-17(16)27-2/h3-12H,1-2H3,(H,21,24)/b10-5+. The van der Waals surface area contributed by atoms with Crippen LogP contribution in [0.4, 0.5) is 11.4 Å². The highest BCUT2D eigenvalue weighted by Gasteiger charge is 2.20. The van der Waals surface area contributed by atoms with Crippen molar-refractivity contribution >= 4 is 40.9 Å². The van der Waals surface area contributed by atoms with E-state index >= 15 is 0 Å². The van der Waals surface area contributed by atoms with Gasteiger partial charge in [0, 0.05) is 23.2 Å².